The van der Waals surface area contributed by atoms with Crippen LogP contribution in [0.25, 0.3) is 0 Å². The number of hydrogen-bond acceptors (Lipinski definition) is 6. The SMILES string of the molecule is CCOc1ccccc1[C@@H]1NC(=O)NC(CN2CCN(c3cccc(C)c3C)CC2)=C1C(=O)OC. The molecule has 4 rings (SSSR count). The zero-order chi connectivity index (χ0) is 24.9. The number of piperazine rings is 1. The minimum Gasteiger partial charge on any atom is -0.494 e. The van der Waals surface area contributed by atoms with Crippen molar-refractivity contribution in [3.05, 3.63) is 70.4 Å². The van der Waals surface area contributed by atoms with Gasteiger partial charge < -0.3 is 25.0 Å². The first-order valence-corrected chi connectivity index (χ1v) is 12.1. The van der Waals surface area contributed by atoms with E-state index in [4.69, 9.17) is 9.47 Å². The zero-order valence-electron chi connectivity index (χ0n) is 20.9. The van der Waals surface area contributed by atoms with Gasteiger partial charge in [-0.3, -0.25) is 4.90 Å². The summed E-state index contributed by atoms with van der Waals surface area (Å²) in [4.78, 5) is 30.3. The summed E-state index contributed by atoms with van der Waals surface area (Å²) >= 11 is 0. The normalized spacial score (nSPS) is 18.7. The number of aryl methyl sites for hydroxylation is 1. The number of hydrogen-bond donors (Lipinski definition) is 2. The fourth-order valence-electron chi connectivity index (χ4n) is 4.78. The molecule has 2 aromatic carbocycles. The maximum absolute atomic E-state index is 12.9. The van der Waals surface area contributed by atoms with E-state index in [0.717, 1.165) is 31.7 Å². The number of methoxy groups -OCH3 is 1. The first-order chi connectivity index (χ1) is 16.9. The molecule has 1 fully saturated rings. The molecule has 2 aliphatic heterocycles. The molecule has 2 aromatic rings. The van der Waals surface area contributed by atoms with Crippen molar-refractivity contribution in [3.8, 4) is 5.75 Å². The van der Waals surface area contributed by atoms with Gasteiger partial charge in [-0.1, -0.05) is 30.3 Å². The number of ether oxygens (including phenoxy) is 2. The number of benzene rings is 2. The first-order valence-electron chi connectivity index (χ1n) is 12.1. The van der Waals surface area contributed by atoms with Crippen LogP contribution in [0.5, 0.6) is 5.75 Å². The van der Waals surface area contributed by atoms with Gasteiger partial charge in [-0.25, -0.2) is 9.59 Å². The number of amides is 2. The third-order valence-corrected chi connectivity index (χ3v) is 6.76. The highest BCUT2D eigenvalue weighted by Crippen LogP contribution is 2.34. The number of anilines is 1. The van der Waals surface area contributed by atoms with E-state index in [1.54, 1.807) is 0 Å². The fraction of sp³-hybridized carbons (Fsp3) is 0.407. The van der Waals surface area contributed by atoms with Crippen LogP contribution in [0.4, 0.5) is 10.5 Å². The topological polar surface area (TPSA) is 83.1 Å². The lowest BCUT2D eigenvalue weighted by atomic mass is 9.94. The van der Waals surface area contributed by atoms with Crippen LogP contribution in [-0.4, -0.2) is 63.3 Å². The van der Waals surface area contributed by atoms with Crippen LogP contribution in [0.2, 0.25) is 0 Å². The number of para-hydroxylation sites is 1. The van der Waals surface area contributed by atoms with Crippen LogP contribution >= 0.6 is 0 Å². The summed E-state index contributed by atoms with van der Waals surface area (Å²) in [5.41, 5.74) is 5.55. The predicted octanol–water partition coefficient (Wildman–Crippen LogP) is 3.31. The van der Waals surface area contributed by atoms with Gasteiger partial charge in [-0.15, -0.1) is 0 Å². The van der Waals surface area contributed by atoms with E-state index in [9.17, 15) is 9.59 Å². The molecule has 2 N–H and O–H groups in total. The third kappa shape index (κ3) is 5.27. The molecule has 0 saturated carbocycles. The summed E-state index contributed by atoms with van der Waals surface area (Å²) < 4.78 is 10.9. The predicted molar refractivity (Wildman–Crippen MR) is 136 cm³/mol. The zero-order valence-corrected chi connectivity index (χ0v) is 20.9. The number of nitrogens with one attached hydrogen (secondary N) is 2. The highest BCUT2D eigenvalue weighted by atomic mass is 16.5. The maximum Gasteiger partial charge on any atom is 0.338 e. The Balaban J connectivity index is 1.58. The number of rotatable bonds is 7. The van der Waals surface area contributed by atoms with Gasteiger partial charge >= 0.3 is 12.0 Å². The van der Waals surface area contributed by atoms with E-state index in [-0.39, 0.29) is 6.03 Å². The van der Waals surface area contributed by atoms with Crippen LogP contribution in [0.1, 0.15) is 29.7 Å². The van der Waals surface area contributed by atoms with Crippen molar-refractivity contribution in [3.63, 3.8) is 0 Å². The number of carbonyl (C=O) groups is 2. The van der Waals surface area contributed by atoms with Crippen molar-refractivity contribution in [2.45, 2.75) is 26.8 Å². The molecule has 0 unspecified atom stereocenters. The Morgan fingerprint density at radius 1 is 1.06 bits per heavy atom. The molecule has 0 bridgehead atoms. The Labute approximate surface area is 206 Å². The lowest BCUT2D eigenvalue weighted by Crippen LogP contribution is -2.52. The van der Waals surface area contributed by atoms with E-state index < -0.39 is 12.0 Å². The highest BCUT2D eigenvalue weighted by Gasteiger charge is 2.36. The summed E-state index contributed by atoms with van der Waals surface area (Å²) in [6, 6.07) is 12.8. The van der Waals surface area contributed by atoms with Crippen LogP contribution in [0, 0.1) is 13.8 Å². The average molecular weight is 479 g/mol. The van der Waals surface area contributed by atoms with Crippen molar-refractivity contribution in [1.29, 1.82) is 0 Å². The van der Waals surface area contributed by atoms with E-state index in [0.29, 0.717) is 30.2 Å². The molecule has 35 heavy (non-hydrogen) atoms. The summed E-state index contributed by atoms with van der Waals surface area (Å²) in [7, 11) is 1.36. The number of esters is 1. The van der Waals surface area contributed by atoms with Gasteiger partial charge in [-0.05, 0) is 44.0 Å². The monoisotopic (exact) mass is 478 g/mol. The Morgan fingerprint density at radius 3 is 2.51 bits per heavy atom. The van der Waals surface area contributed by atoms with Gasteiger partial charge in [0.25, 0.3) is 0 Å². The summed E-state index contributed by atoms with van der Waals surface area (Å²) in [5, 5.41) is 5.76. The molecule has 2 aliphatic rings. The molecule has 8 heteroatoms. The molecule has 2 heterocycles. The van der Waals surface area contributed by atoms with E-state index in [1.807, 2.05) is 31.2 Å². The Bertz CT molecular complexity index is 1120. The second kappa shape index (κ2) is 10.8. The van der Waals surface area contributed by atoms with Crippen molar-refractivity contribution in [2.24, 2.45) is 0 Å². The molecule has 0 spiro atoms. The highest BCUT2D eigenvalue weighted by molar-refractivity contribution is 5.95. The van der Waals surface area contributed by atoms with Gasteiger partial charge in [0.1, 0.15) is 5.75 Å². The molecule has 8 nitrogen and oxygen atoms in total. The van der Waals surface area contributed by atoms with E-state index in [2.05, 4.69) is 52.5 Å². The molecule has 2 amide bonds. The Kier molecular flexibility index (Phi) is 7.60. The van der Waals surface area contributed by atoms with Crippen molar-refractivity contribution in [1.82, 2.24) is 15.5 Å². The maximum atomic E-state index is 12.9. The molecule has 1 saturated heterocycles. The lowest BCUT2D eigenvalue weighted by Gasteiger charge is -2.38. The number of nitrogens with zero attached hydrogens (tertiary/aromatic N) is 2. The molecular formula is C27H34N4O4. The lowest BCUT2D eigenvalue weighted by molar-refractivity contribution is -0.136. The van der Waals surface area contributed by atoms with E-state index >= 15 is 0 Å². The van der Waals surface area contributed by atoms with Crippen LogP contribution in [0.15, 0.2) is 53.7 Å². The summed E-state index contributed by atoms with van der Waals surface area (Å²) in [6.07, 6.45) is 0. The minimum atomic E-state index is -0.662. The number of carbonyl (C=O) groups excluding carboxylic acids is 2. The Morgan fingerprint density at radius 2 is 1.80 bits per heavy atom. The van der Waals surface area contributed by atoms with Gasteiger partial charge in [-0.2, -0.15) is 0 Å². The third-order valence-electron chi connectivity index (χ3n) is 6.76. The smallest absolute Gasteiger partial charge is 0.338 e. The number of urea groups is 1. The second-order valence-electron chi connectivity index (χ2n) is 8.87. The largest absolute Gasteiger partial charge is 0.494 e. The molecule has 0 aromatic heterocycles. The van der Waals surface area contributed by atoms with Crippen LogP contribution in [0.3, 0.4) is 0 Å². The Hall–Kier alpha value is -3.52. The fourth-order valence-corrected chi connectivity index (χ4v) is 4.78. The van der Waals surface area contributed by atoms with Gasteiger partial charge in [0.2, 0.25) is 0 Å². The van der Waals surface area contributed by atoms with Gasteiger partial charge in [0.15, 0.2) is 0 Å². The molecule has 186 valence electrons. The van der Waals surface area contributed by atoms with Crippen molar-refractivity contribution >= 4 is 17.7 Å². The summed E-state index contributed by atoms with van der Waals surface area (Å²) in [5.74, 6) is 0.155. The van der Waals surface area contributed by atoms with Crippen LogP contribution < -0.4 is 20.3 Å². The summed E-state index contributed by atoms with van der Waals surface area (Å²) in [6.45, 7) is 10.5. The molecule has 1 atom stereocenters. The minimum absolute atomic E-state index is 0.349. The van der Waals surface area contributed by atoms with Crippen molar-refractivity contribution in [2.75, 3.05) is 51.3 Å². The van der Waals surface area contributed by atoms with Crippen LogP contribution in [-0.2, 0) is 9.53 Å². The van der Waals surface area contributed by atoms with E-state index in [1.165, 1.54) is 23.9 Å². The van der Waals surface area contributed by atoms with Gasteiger partial charge in [0.05, 0.1) is 25.3 Å². The average Bonchev–Trinajstić information content (AvgIpc) is 2.86. The quantitative estimate of drug-likeness (QED) is 0.594. The first kappa shape index (κ1) is 24.6. The van der Waals surface area contributed by atoms with Crippen molar-refractivity contribution < 1.29 is 19.1 Å². The molecular weight excluding hydrogens is 444 g/mol. The second-order valence-corrected chi connectivity index (χ2v) is 8.87. The molecule has 0 radical (unpaired) electrons. The standard InChI is InChI=1S/C27H34N4O4/c1-5-35-23-12-7-6-10-20(23)25-24(26(32)34-4)21(28-27(33)29-25)17-30-13-15-31(16-14-30)22-11-8-9-18(2)19(22)3/h6-12,25H,5,13-17H2,1-4H3,(H2,28,29,33)/t25-/m0/s1. The molecule has 0 aliphatic carbocycles. The van der Waals surface area contributed by atoms with Gasteiger partial charge in [0, 0.05) is 49.7 Å².